The van der Waals surface area contributed by atoms with E-state index in [2.05, 4.69) is 40.8 Å². The molecule has 0 radical (unpaired) electrons. The maximum atomic E-state index is 5.57. The van der Waals surface area contributed by atoms with E-state index < -0.39 is 0 Å². The number of nitrogens with zero attached hydrogens (tertiary/aromatic N) is 3. The van der Waals surface area contributed by atoms with Crippen LogP contribution in [0.4, 0.5) is 0 Å². The van der Waals surface area contributed by atoms with Crippen LogP contribution in [0.2, 0.25) is 0 Å². The molecule has 3 rings (SSSR count). The number of aryl methyl sites for hydroxylation is 1. The van der Waals surface area contributed by atoms with Gasteiger partial charge in [0.15, 0.2) is 0 Å². The molecule has 1 atom stereocenters. The van der Waals surface area contributed by atoms with Gasteiger partial charge in [0.2, 0.25) is 0 Å². The van der Waals surface area contributed by atoms with E-state index in [1.54, 1.807) is 6.20 Å². The second-order valence-corrected chi connectivity index (χ2v) is 5.40. The maximum absolute atomic E-state index is 5.57. The van der Waals surface area contributed by atoms with Gasteiger partial charge < -0.3 is 10.1 Å². The number of hydrogen-bond donors (Lipinski definition) is 1. The largest absolute Gasteiger partial charge is 0.493 e. The Morgan fingerprint density at radius 2 is 2.38 bits per heavy atom. The zero-order valence-electron chi connectivity index (χ0n) is 12.5. The van der Waals surface area contributed by atoms with E-state index in [1.807, 2.05) is 10.9 Å². The van der Waals surface area contributed by atoms with Gasteiger partial charge in [-0.25, -0.2) is 0 Å². The van der Waals surface area contributed by atoms with Crippen molar-refractivity contribution < 1.29 is 4.74 Å². The van der Waals surface area contributed by atoms with Crippen molar-refractivity contribution in [3.63, 3.8) is 0 Å². The molecule has 21 heavy (non-hydrogen) atoms. The summed E-state index contributed by atoms with van der Waals surface area (Å²) in [5.74, 6) is 1.06. The van der Waals surface area contributed by atoms with E-state index in [0.717, 1.165) is 44.7 Å². The summed E-state index contributed by atoms with van der Waals surface area (Å²) in [6.45, 7) is 4.92. The van der Waals surface area contributed by atoms with Gasteiger partial charge in [0.25, 0.3) is 0 Å². The molecule has 1 aromatic carbocycles. The Kier molecular flexibility index (Phi) is 4.50. The van der Waals surface area contributed by atoms with Gasteiger partial charge in [-0.2, -0.15) is 0 Å². The van der Waals surface area contributed by atoms with Crippen molar-refractivity contribution in [3.05, 3.63) is 41.7 Å². The lowest BCUT2D eigenvalue weighted by molar-refractivity contribution is 0.356. The number of rotatable bonds is 7. The van der Waals surface area contributed by atoms with Crippen molar-refractivity contribution in [3.8, 4) is 5.75 Å². The van der Waals surface area contributed by atoms with Crippen LogP contribution in [0.3, 0.4) is 0 Å². The number of nitrogens with one attached hydrogen (secondary N) is 1. The lowest BCUT2D eigenvalue weighted by Gasteiger charge is -2.18. The summed E-state index contributed by atoms with van der Waals surface area (Å²) in [4.78, 5) is 0. The van der Waals surface area contributed by atoms with Gasteiger partial charge in [-0.1, -0.05) is 24.3 Å². The molecule has 1 aliphatic rings. The summed E-state index contributed by atoms with van der Waals surface area (Å²) < 4.78 is 7.44. The average Bonchev–Trinajstić information content (AvgIpc) is 3.17. The summed E-state index contributed by atoms with van der Waals surface area (Å²) in [5.41, 5.74) is 2.71. The zero-order chi connectivity index (χ0) is 14.5. The molecule has 0 aliphatic carbocycles. The molecule has 1 aliphatic heterocycles. The van der Waals surface area contributed by atoms with E-state index in [1.165, 1.54) is 11.1 Å². The van der Waals surface area contributed by atoms with Crippen molar-refractivity contribution in [1.82, 2.24) is 20.3 Å². The fourth-order valence-electron chi connectivity index (χ4n) is 2.79. The van der Waals surface area contributed by atoms with Gasteiger partial charge in [-0.15, -0.1) is 5.10 Å². The fourth-order valence-corrected chi connectivity index (χ4v) is 2.79. The molecule has 5 heteroatoms. The number of fused-ring (bicyclic) bond motifs is 1. The van der Waals surface area contributed by atoms with E-state index in [-0.39, 0.29) is 0 Å². The van der Waals surface area contributed by atoms with Crippen molar-refractivity contribution in [2.75, 3.05) is 13.2 Å². The summed E-state index contributed by atoms with van der Waals surface area (Å²) in [6, 6.07) is 6.99. The first-order valence-corrected chi connectivity index (χ1v) is 7.70. The Morgan fingerprint density at radius 3 is 3.19 bits per heavy atom. The monoisotopic (exact) mass is 286 g/mol. The van der Waals surface area contributed by atoms with E-state index in [4.69, 9.17) is 4.74 Å². The average molecular weight is 286 g/mol. The Morgan fingerprint density at radius 1 is 1.43 bits per heavy atom. The Balaban J connectivity index is 1.52. The van der Waals surface area contributed by atoms with Crippen molar-refractivity contribution in [2.24, 2.45) is 0 Å². The van der Waals surface area contributed by atoms with Crippen LogP contribution < -0.4 is 10.1 Å². The standard InChI is InChI=1S/C16H22N4O/c1-2-15(17-7-3-9-20-10-8-18-19-20)13-4-5-16-14(12-13)6-11-21-16/h4-5,8,10,12,15,17H,2-3,6-7,9,11H2,1H3. The van der Waals surface area contributed by atoms with Crippen LogP contribution in [0.1, 0.15) is 36.9 Å². The minimum absolute atomic E-state index is 0.409. The van der Waals surface area contributed by atoms with Crippen LogP contribution in [0.25, 0.3) is 0 Å². The quantitative estimate of drug-likeness (QED) is 0.794. The topological polar surface area (TPSA) is 52.0 Å². The minimum Gasteiger partial charge on any atom is -0.493 e. The number of hydrogen-bond acceptors (Lipinski definition) is 4. The highest BCUT2D eigenvalue weighted by atomic mass is 16.5. The third-order valence-corrected chi connectivity index (χ3v) is 3.95. The molecule has 2 heterocycles. The SMILES string of the molecule is CCC(NCCCn1ccnn1)c1ccc2c(c1)CCO2. The predicted molar refractivity (Wildman–Crippen MR) is 81.3 cm³/mol. The molecule has 0 amide bonds. The third kappa shape index (κ3) is 3.42. The van der Waals surface area contributed by atoms with Gasteiger partial charge in [0, 0.05) is 25.2 Å². The molecule has 112 valence electrons. The molecule has 1 unspecified atom stereocenters. The molecule has 1 N–H and O–H groups in total. The van der Waals surface area contributed by atoms with Crippen molar-refractivity contribution in [1.29, 1.82) is 0 Å². The third-order valence-electron chi connectivity index (χ3n) is 3.95. The highest BCUT2D eigenvalue weighted by Gasteiger charge is 2.15. The molecule has 0 saturated heterocycles. The summed E-state index contributed by atoms with van der Waals surface area (Å²) in [6.07, 6.45) is 6.79. The molecule has 5 nitrogen and oxygen atoms in total. The molecule has 1 aromatic heterocycles. The normalized spacial score (nSPS) is 14.7. The van der Waals surface area contributed by atoms with E-state index in [0.29, 0.717) is 6.04 Å². The molecule has 0 saturated carbocycles. The van der Waals surface area contributed by atoms with E-state index in [9.17, 15) is 0 Å². The van der Waals surface area contributed by atoms with Crippen molar-refractivity contribution in [2.45, 2.75) is 38.8 Å². The smallest absolute Gasteiger partial charge is 0.122 e. The van der Waals surface area contributed by atoms with Crippen LogP contribution in [0, 0.1) is 0 Å². The molecule has 0 bridgehead atoms. The number of aromatic nitrogens is 3. The number of benzene rings is 1. The highest BCUT2D eigenvalue weighted by molar-refractivity contribution is 5.40. The van der Waals surface area contributed by atoms with Crippen LogP contribution in [0.15, 0.2) is 30.6 Å². The van der Waals surface area contributed by atoms with Crippen LogP contribution >= 0.6 is 0 Å². The van der Waals surface area contributed by atoms with Gasteiger partial charge in [-0.05, 0) is 36.6 Å². The lowest BCUT2D eigenvalue weighted by atomic mass is 10.0. The fraction of sp³-hybridized carbons (Fsp3) is 0.500. The van der Waals surface area contributed by atoms with E-state index >= 15 is 0 Å². The molecular weight excluding hydrogens is 264 g/mol. The second-order valence-electron chi connectivity index (χ2n) is 5.40. The lowest BCUT2D eigenvalue weighted by Crippen LogP contribution is -2.23. The summed E-state index contributed by atoms with van der Waals surface area (Å²) >= 11 is 0. The van der Waals surface area contributed by atoms with Crippen LogP contribution in [-0.2, 0) is 13.0 Å². The van der Waals surface area contributed by atoms with Gasteiger partial charge in [-0.3, -0.25) is 4.68 Å². The zero-order valence-corrected chi connectivity index (χ0v) is 12.5. The first kappa shape index (κ1) is 14.1. The molecule has 0 fully saturated rings. The van der Waals surface area contributed by atoms with Gasteiger partial charge in [0.1, 0.15) is 5.75 Å². The van der Waals surface area contributed by atoms with Gasteiger partial charge in [0.05, 0.1) is 12.8 Å². The number of ether oxygens (including phenoxy) is 1. The molecular formula is C16H22N4O. The Hall–Kier alpha value is -1.88. The summed E-state index contributed by atoms with van der Waals surface area (Å²) in [5, 5.41) is 11.4. The van der Waals surface area contributed by atoms with Crippen LogP contribution in [0.5, 0.6) is 5.75 Å². The van der Waals surface area contributed by atoms with Gasteiger partial charge >= 0.3 is 0 Å². The Labute approximate surface area is 125 Å². The predicted octanol–water partition coefficient (Wildman–Crippen LogP) is 2.34. The second kappa shape index (κ2) is 6.72. The molecule has 2 aromatic rings. The van der Waals surface area contributed by atoms with Crippen molar-refractivity contribution >= 4 is 0 Å². The summed E-state index contributed by atoms with van der Waals surface area (Å²) in [7, 11) is 0. The molecule has 0 spiro atoms. The minimum atomic E-state index is 0.409. The first-order valence-electron chi connectivity index (χ1n) is 7.70. The first-order chi connectivity index (χ1) is 10.4. The highest BCUT2D eigenvalue weighted by Crippen LogP contribution is 2.29. The maximum Gasteiger partial charge on any atom is 0.122 e. The Bertz CT molecular complexity index is 568. The van der Waals surface area contributed by atoms with Crippen LogP contribution in [-0.4, -0.2) is 28.1 Å².